The van der Waals surface area contributed by atoms with Gasteiger partial charge in [-0.05, 0) is 65.9 Å². The minimum atomic E-state index is 1.03. The minimum absolute atomic E-state index is 1.03. The molecule has 0 unspecified atom stereocenters. The summed E-state index contributed by atoms with van der Waals surface area (Å²) < 4.78 is 1.23. The molecule has 0 radical (unpaired) electrons. The van der Waals surface area contributed by atoms with Crippen LogP contribution in [0.25, 0.3) is 0 Å². The summed E-state index contributed by atoms with van der Waals surface area (Å²) in [4.78, 5) is 10.1. The smallest absolute Gasteiger partial charge is 0.138 e. The number of aryl methyl sites for hydroxylation is 1. The van der Waals surface area contributed by atoms with E-state index in [1.807, 2.05) is 0 Å². The number of hydrogen-bond donors (Lipinski definition) is 1. The van der Waals surface area contributed by atoms with Crippen molar-refractivity contribution in [2.75, 3.05) is 38.0 Å². The summed E-state index contributed by atoms with van der Waals surface area (Å²) in [5.41, 5.74) is 5.71. The van der Waals surface area contributed by atoms with Gasteiger partial charge in [-0.1, -0.05) is 19.1 Å². The highest BCUT2D eigenvalue weighted by molar-refractivity contribution is 14.1. The maximum absolute atomic E-state index is 5.12. The van der Waals surface area contributed by atoms with E-state index in [0.717, 1.165) is 49.9 Å². The molecule has 0 bridgehead atoms. The third-order valence-corrected chi connectivity index (χ3v) is 5.91. The highest BCUT2D eigenvalue weighted by Crippen LogP contribution is 2.37. The molecule has 4 nitrogen and oxygen atoms in total. The molecule has 0 spiro atoms. The van der Waals surface area contributed by atoms with Crippen molar-refractivity contribution in [1.82, 2.24) is 9.80 Å². The zero-order valence-corrected chi connectivity index (χ0v) is 16.9. The van der Waals surface area contributed by atoms with Gasteiger partial charge in [-0.3, -0.25) is 0 Å². The molecule has 2 heterocycles. The predicted octanol–water partition coefficient (Wildman–Crippen LogP) is 4.37. The number of rotatable bonds is 1. The summed E-state index contributed by atoms with van der Waals surface area (Å²) in [6.45, 7) is 9.73. The number of amidine groups is 1. The van der Waals surface area contributed by atoms with Crippen LogP contribution in [0.2, 0.25) is 0 Å². The number of hydrogen-bond acceptors (Lipinski definition) is 4. The maximum Gasteiger partial charge on any atom is 0.138 e. The van der Waals surface area contributed by atoms with Gasteiger partial charge in [0.1, 0.15) is 5.84 Å². The SMILES string of the molecule is CCN1CCN(C2=Nc3cc(C)ccc3Nc3c(I)cccc32)CC1. The molecule has 25 heavy (non-hydrogen) atoms. The van der Waals surface area contributed by atoms with Crippen molar-refractivity contribution in [1.29, 1.82) is 0 Å². The highest BCUT2D eigenvalue weighted by atomic mass is 127. The summed E-state index contributed by atoms with van der Waals surface area (Å²) in [7, 11) is 0. The third kappa shape index (κ3) is 3.27. The molecule has 1 fully saturated rings. The Labute approximate surface area is 163 Å². The quantitative estimate of drug-likeness (QED) is 0.661. The van der Waals surface area contributed by atoms with E-state index in [0.29, 0.717) is 0 Å². The molecule has 2 aromatic rings. The Morgan fingerprint density at radius 1 is 1.12 bits per heavy atom. The summed E-state index contributed by atoms with van der Waals surface area (Å²) in [5, 5.41) is 3.63. The topological polar surface area (TPSA) is 30.9 Å². The van der Waals surface area contributed by atoms with Crippen LogP contribution in [0.5, 0.6) is 0 Å². The first-order chi connectivity index (χ1) is 12.2. The van der Waals surface area contributed by atoms with Crippen LogP contribution in [0.15, 0.2) is 41.4 Å². The molecule has 1 N–H and O–H groups in total. The lowest BCUT2D eigenvalue weighted by Crippen LogP contribution is -2.48. The lowest BCUT2D eigenvalue weighted by molar-refractivity contribution is 0.190. The molecule has 2 aromatic carbocycles. The molecular formula is C20H23IN4. The zero-order valence-electron chi connectivity index (χ0n) is 14.7. The highest BCUT2D eigenvalue weighted by Gasteiger charge is 2.25. The van der Waals surface area contributed by atoms with E-state index in [9.17, 15) is 0 Å². The van der Waals surface area contributed by atoms with E-state index in [1.165, 1.54) is 20.4 Å². The van der Waals surface area contributed by atoms with Gasteiger partial charge in [0.2, 0.25) is 0 Å². The summed E-state index contributed by atoms with van der Waals surface area (Å²) in [6, 6.07) is 12.9. The number of aliphatic imine (C=N–C) groups is 1. The van der Waals surface area contributed by atoms with Crippen LogP contribution in [0, 0.1) is 10.5 Å². The first-order valence-electron chi connectivity index (χ1n) is 8.88. The Morgan fingerprint density at radius 2 is 1.92 bits per heavy atom. The van der Waals surface area contributed by atoms with E-state index >= 15 is 0 Å². The number of fused-ring (bicyclic) bond motifs is 2. The van der Waals surface area contributed by atoms with Crippen LogP contribution >= 0.6 is 22.6 Å². The normalized spacial score (nSPS) is 17.2. The predicted molar refractivity (Wildman–Crippen MR) is 114 cm³/mol. The van der Waals surface area contributed by atoms with Gasteiger partial charge in [-0.15, -0.1) is 0 Å². The molecule has 0 saturated carbocycles. The van der Waals surface area contributed by atoms with Crippen LogP contribution in [0.3, 0.4) is 0 Å². The van der Waals surface area contributed by atoms with Gasteiger partial charge in [0.15, 0.2) is 0 Å². The van der Waals surface area contributed by atoms with E-state index in [2.05, 4.69) is 88.0 Å². The summed E-state index contributed by atoms with van der Waals surface area (Å²) in [6.07, 6.45) is 0. The number of nitrogens with zero attached hydrogens (tertiary/aromatic N) is 3. The fraction of sp³-hybridized carbons (Fsp3) is 0.350. The van der Waals surface area contributed by atoms with Gasteiger partial charge in [-0.25, -0.2) is 4.99 Å². The van der Waals surface area contributed by atoms with Gasteiger partial charge < -0.3 is 15.1 Å². The van der Waals surface area contributed by atoms with E-state index < -0.39 is 0 Å². The van der Waals surface area contributed by atoms with Crippen molar-refractivity contribution in [3.05, 3.63) is 51.1 Å². The number of anilines is 2. The Morgan fingerprint density at radius 3 is 2.68 bits per heavy atom. The third-order valence-electron chi connectivity index (χ3n) is 5.01. The van der Waals surface area contributed by atoms with Gasteiger partial charge in [0.25, 0.3) is 0 Å². The number of piperazine rings is 1. The van der Waals surface area contributed by atoms with Crippen LogP contribution in [0.1, 0.15) is 18.1 Å². The molecule has 1 saturated heterocycles. The summed E-state index contributed by atoms with van der Waals surface area (Å²) in [5.74, 6) is 1.10. The monoisotopic (exact) mass is 446 g/mol. The molecule has 130 valence electrons. The van der Waals surface area contributed by atoms with E-state index in [1.54, 1.807) is 0 Å². The number of likely N-dealkylation sites (N-methyl/N-ethyl adjacent to an activating group) is 1. The average molecular weight is 446 g/mol. The van der Waals surface area contributed by atoms with E-state index in [-0.39, 0.29) is 0 Å². The van der Waals surface area contributed by atoms with Gasteiger partial charge in [0, 0.05) is 35.3 Å². The van der Waals surface area contributed by atoms with Crippen molar-refractivity contribution >= 4 is 45.5 Å². The second kappa shape index (κ2) is 6.96. The van der Waals surface area contributed by atoms with E-state index in [4.69, 9.17) is 4.99 Å². The van der Waals surface area contributed by atoms with Crippen LogP contribution in [-0.2, 0) is 0 Å². The molecule has 0 atom stereocenters. The molecular weight excluding hydrogens is 423 g/mol. The van der Waals surface area contributed by atoms with Crippen molar-refractivity contribution in [3.63, 3.8) is 0 Å². The average Bonchev–Trinajstić information content (AvgIpc) is 2.79. The summed E-state index contributed by atoms with van der Waals surface area (Å²) >= 11 is 2.41. The van der Waals surface area contributed by atoms with Crippen LogP contribution in [0.4, 0.5) is 17.1 Å². The molecule has 0 aliphatic carbocycles. The lowest BCUT2D eigenvalue weighted by Gasteiger charge is -2.36. The maximum atomic E-state index is 5.12. The zero-order chi connectivity index (χ0) is 17.4. The second-order valence-electron chi connectivity index (χ2n) is 6.66. The fourth-order valence-corrected chi connectivity index (χ4v) is 4.14. The van der Waals surface area contributed by atoms with Crippen molar-refractivity contribution in [2.45, 2.75) is 13.8 Å². The largest absolute Gasteiger partial charge is 0.353 e. The van der Waals surface area contributed by atoms with Crippen molar-refractivity contribution in [3.8, 4) is 0 Å². The Hall–Kier alpha value is -1.60. The molecule has 0 aromatic heterocycles. The Bertz CT molecular complexity index is 822. The Balaban J connectivity index is 1.81. The van der Waals surface area contributed by atoms with Crippen LogP contribution in [-0.4, -0.2) is 48.4 Å². The number of benzene rings is 2. The number of halogens is 1. The fourth-order valence-electron chi connectivity index (χ4n) is 3.50. The molecule has 0 amide bonds. The van der Waals surface area contributed by atoms with Crippen LogP contribution < -0.4 is 5.32 Å². The number of nitrogens with one attached hydrogen (secondary N) is 1. The Kier molecular flexibility index (Phi) is 4.69. The molecule has 2 aliphatic heterocycles. The first kappa shape index (κ1) is 16.8. The molecule has 2 aliphatic rings. The van der Waals surface area contributed by atoms with Crippen molar-refractivity contribution < 1.29 is 0 Å². The van der Waals surface area contributed by atoms with Gasteiger partial charge in [0.05, 0.1) is 17.1 Å². The second-order valence-corrected chi connectivity index (χ2v) is 7.83. The standard InChI is InChI=1S/C20H23IN4/c1-3-24-9-11-25(12-10-24)20-15-5-4-6-16(21)19(15)22-17-8-7-14(2)13-18(17)23-20/h4-8,13,22H,3,9-12H2,1-2H3. The molecule has 4 rings (SSSR count). The van der Waals surface area contributed by atoms with Gasteiger partial charge >= 0.3 is 0 Å². The minimum Gasteiger partial charge on any atom is -0.353 e. The number of para-hydroxylation sites is 1. The lowest BCUT2D eigenvalue weighted by atomic mass is 10.1. The van der Waals surface area contributed by atoms with Crippen molar-refractivity contribution in [2.24, 2.45) is 4.99 Å². The molecule has 5 heteroatoms. The van der Waals surface area contributed by atoms with Gasteiger partial charge in [-0.2, -0.15) is 0 Å². The first-order valence-corrected chi connectivity index (χ1v) is 9.96.